The van der Waals surface area contributed by atoms with Crippen LogP contribution in [0.15, 0.2) is 16.6 Å². The number of rotatable bonds is 4. The normalized spacial score (nSPS) is 16.2. The Balaban J connectivity index is 2.33. The third kappa shape index (κ3) is 2.96. The molecule has 1 heterocycles. The zero-order valence-electron chi connectivity index (χ0n) is 10.4. The Hall–Kier alpha value is -0.780. The number of benzene rings is 1. The molecule has 18 heavy (non-hydrogen) atoms. The Bertz CT molecular complexity index is 411. The Labute approximate surface area is 116 Å². The number of nitrogens with two attached hydrogens (primary N) is 1. The summed E-state index contributed by atoms with van der Waals surface area (Å²) in [4.78, 5) is 0. The Kier molecular flexibility index (Phi) is 4.86. The van der Waals surface area contributed by atoms with E-state index in [1.807, 2.05) is 19.1 Å². The molecule has 0 fully saturated rings. The van der Waals surface area contributed by atoms with Crippen LogP contribution in [0.3, 0.4) is 0 Å². The van der Waals surface area contributed by atoms with Gasteiger partial charge in [0.15, 0.2) is 11.5 Å². The van der Waals surface area contributed by atoms with Crippen LogP contribution in [-0.2, 0) is 4.74 Å². The molecule has 0 bridgehead atoms. The highest BCUT2D eigenvalue weighted by molar-refractivity contribution is 9.10. The van der Waals surface area contributed by atoms with Gasteiger partial charge in [-0.05, 0) is 40.5 Å². The molecule has 0 saturated heterocycles. The molecular formula is C13H18BrNO3. The molecule has 0 aliphatic carbocycles. The van der Waals surface area contributed by atoms with Crippen molar-refractivity contribution < 1.29 is 14.2 Å². The monoisotopic (exact) mass is 315 g/mol. The molecule has 1 unspecified atom stereocenters. The number of halogens is 1. The molecule has 4 nitrogen and oxygen atoms in total. The molecular weight excluding hydrogens is 298 g/mol. The molecule has 100 valence electrons. The molecule has 1 aliphatic heterocycles. The number of fused-ring (bicyclic) bond motifs is 1. The Morgan fingerprint density at radius 1 is 1.39 bits per heavy atom. The van der Waals surface area contributed by atoms with Gasteiger partial charge >= 0.3 is 0 Å². The minimum absolute atomic E-state index is 0.108. The van der Waals surface area contributed by atoms with E-state index >= 15 is 0 Å². The van der Waals surface area contributed by atoms with Gasteiger partial charge in [0.25, 0.3) is 0 Å². The lowest BCUT2D eigenvalue weighted by Crippen LogP contribution is -2.16. The number of hydrogen-bond acceptors (Lipinski definition) is 4. The molecule has 0 amide bonds. The van der Waals surface area contributed by atoms with Crippen LogP contribution in [0.2, 0.25) is 0 Å². The van der Waals surface area contributed by atoms with Crippen LogP contribution >= 0.6 is 15.9 Å². The van der Waals surface area contributed by atoms with Crippen LogP contribution in [0, 0.1) is 0 Å². The topological polar surface area (TPSA) is 53.7 Å². The summed E-state index contributed by atoms with van der Waals surface area (Å²) in [5.41, 5.74) is 6.75. The highest BCUT2D eigenvalue weighted by atomic mass is 79.9. The van der Waals surface area contributed by atoms with E-state index in [0.717, 1.165) is 28.0 Å². The van der Waals surface area contributed by atoms with E-state index in [4.69, 9.17) is 19.9 Å². The summed E-state index contributed by atoms with van der Waals surface area (Å²) < 4.78 is 17.9. The molecule has 2 N–H and O–H groups in total. The first-order valence-electron chi connectivity index (χ1n) is 6.17. The van der Waals surface area contributed by atoms with Crippen molar-refractivity contribution in [3.63, 3.8) is 0 Å². The molecule has 1 aromatic rings. The van der Waals surface area contributed by atoms with Gasteiger partial charge in [-0.25, -0.2) is 0 Å². The maximum atomic E-state index is 5.74. The summed E-state index contributed by atoms with van der Waals surface area (Å²) in [6, 6.07) is 3.94. The summed E-state index contributed by atoms with van der Waals surface area (Å²) >= 11 is 3.51. The van der Waals surface area contributed by atoms with Gasteiger partial charge in [-0.15, -0.1) is 0 Å². The Morgan fingerprint density at radius 2 is 2.17 bits per heavy atom. The van der Waals surface area contributed by atoms with Crippen LogP contribution in [0.25, 0.3) is 0 Å². The summed E-state index contributed by atoms with van der Waals surface area (Å²) in [6.07, 6.45) is 0.783. The van der Waals surface area contributed by atoms with E-state index in [1.54, 1.807) is 0 Å². The van der Waals surface area contributed by atoms with Crippen LogP contribution in [-0.4, -0.2) is 26.4 Å². The van der Waals surface area contributed by atoms with Gasteiger partial charge < -0.3 is 19.9 Å². The predicted octanol–water partition coefficient (Wildman–Crippen LogP) is 2.65. The molecule has 1 aromatic carbocycles. The first-order valence-corrected chi connectivity index (χ1v) is 6.96. The quantitative estimate of drug-likeness (QED) is 0.928. The van der Waals surface area contributed by atoms with Crippen LogP contribution < -0.4 is 15.2 Å². The van der Waals surface area contributed by atoms with Gasteiger partial charge in [-0.3, -0.25) is 0 Å². The molecule has 1 atom stereocenters. The fraction of sp³-hybridized carbons (Fsp3) is 0.538. The average molecular weight is 316 g/mol. The van der Waals surface area contributed by atoms with E-state index < -0.39 is 0 Å². The third-order valence-corrected chi connectivity index (χ3v) is 3.37. The molecule has 0 spiro atoms. The van der Waals surface area contributed by atoms with Gasteiger partial charge in [0.2, 0.25) is 0 Å². The fourth-order valence-electron chi connectivity index (χ4n) is 1.94. The first-order chi connectivity index (χ1) is 8.76. The second kappa shape index (κ2) is 6.41. The van der Waals surface area contributed by atoms with Crippen LogP contribution in [0.4, 0.5) is 0 Å². The zero-order chi connectivity index (χ0) is 13.0. The van der Waals surface area contributed by atoms with Crippen molar-refractivity contribution in [1.29, 1.82) is 0 Å². The smallest absolute Gasteiger partial charge is 0.175 e. The predicted molar refractivity (Wildman–Crippen MR) is 73.2 cm³/mol. The Morgan fingerprint density at radius 3 is 2.89 bits per heavy atom. The lowest BCUT2D eigenvalue weighted by Gasteiger charge is -2.18. The van der Waals surface area contributed by atoms with Crippen molar-refractivity contribution in [2.24, 2.45) is 5.73 Å². The average Bonchev–Trinajstić information content (AvgIpc) is 2.61. The molecule has 1 aliphatic rings. The molecule has 0 aromatic heterocycles. The van der Waals surface area contributed by atoms with Gasteiger partial charge in [0.1, 0.15) is 0 Å². The lowest BCUT2D eigenvalue weighted by molar-refractivity contribution is 0.0686. The van der Waals surface area contributed by atoms with Crippen molar-refractivity contribution >= 4 is 15.9 Å². The highest BCUT2D eigenvalue weighted by Crippen LogP contribution is 2.39. The lowest BCUT2D eigenvalue weighted by atomic mass is 10.1. The molecule has 5 heteroatoms. The summed E-state index contributed by atoms with van der Waals surface area (Å²) in [5, 5.41) is 0. The number of hydrogen-bond donors (Lipinski definition) is 1. The van der Waals surface area contributed by atoms with E-state index in [-0.39, 0.29) is 6.10 Å². The van der Waals surface area contributed by atoms with Crippen molar-refractivity contribution in [2.75, 3.05) is 26.4 Å². The summed E-state index contributed by atoms with van der Waals surface area (Å²) in [5.74, 6) is 1.53. The summed E-state index contributed by atoms with van der Waals surface area (Å²) in [7, 11) is 0. The van der Waals surface area contributed by atoms with Gasteiger partial charge in [-0.1, -0.05) is 0 Å². The highest BCUT2D eigenvalue weighted by Gasteiger charge is 2.19. The van der Waals surface area contributed by atoms with Crippen molar-refractivity contribution in [3.8, 4) is 11.5 Å². The minimum Gasteiger partial charge on any atom is -0.490 e. The van der Waals surface area contributed by atoms with Gasteiger partial charge in [0.05, 0.1) is 23.8 Å². The van der Waals surface area contributed by atoms with Crippen molar-refractivity contribution in [2.45, 2.75) is 19.4 Å². The zero-order valence-corrected chi connectivity index (χ0v) is 12.0. The van der Waals surface area contributed by atoms with E-state index in [2.05, 4.69) is 15.9 Å². The third-order valence-electron chi connectivity index (χ3n) is 2.78. The number of ether oxygens (including phenoxy) is 3. The fourth-order valence-corrected chi connectivity index (χ4v) is 2.51. The maximum Gasteiger partial charge on any atom is 0.175 e. The SMILES string of the molecule is CCOC(CN)c1cc(Br)c2c(c1)OCCCO2. The largest absolute Gasteiger partial charge is 0.490 e. The van der Waals surface area contributed by atoms with Crippen molar-refractivity contribution in [3.05, 3.63) is 22.2 Å². The van der Waals surface area contributed by atoms with Crippen LogP contribution in [0.1, 0.15) is 25.0 Å². The molecule has 0 saturated carbocycles. The molecule has 2 rings (SSSR count). The first kappa shape index (κ1) is 13.6. The van der Waals surface area contributed by atoms with E-state index in [0.29, 0.717) is 26.4 Å². The second-order valence-corrected chi connectivity index (χ2v) is 4.91. The van der Waals surface area contributed by atoms with Gasteiger partial charge in [-0.2, -0.15) is 0 Å². The minimum atomic E-state index is -0.108. The van der Waals surface area contributed by atoms with Crippen molar-refractivity contribution in [1.82, 2.24) is 0 Å². The summed E-state index contributed by atoms with van der Waals surface area (Å²) in [6.45, 7) is 4.39. The maximum absolute atomic E-state index is 5.74. The molecule has 0 radical (unpaired) electrons. The standard InChI is InChI=1S/C13H18BrNO3/c1-2-16-12(8-15)9-6-10(14)13-11(7-9)17-4-3-5-18-13/h6-7,12H,2-5,8,15H2,1H3. The van der Waals surface area contributed by atoms with E-state index in [1.165, 1.54) is 0 Å². The van der Waals surface area contributed by atoms with E-state index in [9.17, 15) is 0 Å². The van der Waals surface area contributed by atoms with Gasteiger partial charge in [0, 0.05) is 19.6 Å². The second-order valence-electron chi connectivity index (χ2n) is 4.06. The van der Waals surface area contributed by atoms with Crippen LogP contribution in [0.5, 0.6) is 11.5 Å².